The van der Waals surface area contributed by atoms with Crippen molar-refractivity contribution in [1.29, 1.82) is 0 Å². The maximum atomic E-state index is 13.9. The van der Waals surface area contributed by atoms with Gasteiger partial charge in [-0.25, -0.2) is 9.38 Å². The smallest absolute Gasteiger partial charge is 0.246 e. The molecule has 2 aromatic carbocycles. The number of ether oxygens (including phenoxy) is 1. The zero-order valence-corrected chi connectivity index (χ0v) is 28.1. The van der Waals surface area contributed by atoms with Gasteiger partial charge in [0.15, 0.2) is 12.1 Å². The summed E-state index contributed by atoms with van der Waals surface area (Å²) in [7, 11) is 1.80. The lowest BCUT2D eigenvalue weighted by Gasteiger charge is -2.27. The molecule has 0 spiro atoms. The molecule has 0 radical (unpaired) electrons. The molecule has 4 N–H and O–H groups in total. The number of hydrogen-bond acceptors (Lipinski definition) is 8. The molecule has 2 heterocycles. The molecular weight excluding hydrogens is 600 g/mol. The Labute approximate surface area is 277 Å². The van der Waals surface area contributed by atoms with Crippen LogP contribution in [0.4, 0.5) is 10.1 Å². The second kappa shape index (κ2) is 17.7. The second-order valence-corrected chi connectivity index (χ2v) is 12.4. The third-order valence-corrected chi connectivity index (χ3v) is 8.98. The van der Waals surface area contributed by atoms with E-state index in [1.54, 1.807) is 7.05 Å². The Morgan fingerprint density at radius 2 is 1.91 bits per heavy atom. The highest BCUT2D eigenvalue weighted by molar-refractivity contribution is 8.04. The third kappa shape index (κ3) is 9.10. The number of carbonyl (C=O) groups excluding carboxylic acids is 1. The monoisotopic (exact) mass is 646 g/mol. The molecule has 4 unspecified atom stereocenters. The van der Waals surface area contributed by atoms with Crippen LogP contribution in [0.25, 0.3) is 5.57 Å². The van der Waals surface area contributed by atoms with Gasteiger partial charge in [-0.1, -0.05) is 82.3 Å². The predicted octanol–water partition coefficient (Wildman–Crippen LogP) is 7.00. The van der Waals surface area contributed by atoms with Crippen LogP contribution in [0.5, 0.6) is 0 Å². The van der Waals surface area contributed by atoms with E-state index in [4.69, 9.17) is 4.74 Å². The van der Waals surface area contributed by atoms with Crippen LogP contribution in [0.2, 0.25) is 0 Å². The lowest BCUT2D eigenvalue weighted by Crippen LogP contribution is -2.44. The molecule has 0 aromatic heterocycles. The molecule has 2 aromatic rings. The minimum atomic E-state index is -0.612. The first kappa shape index (κ1) is 35.0. The maximum Gasteiger partial charge on any atom is 0.246 e. The molecule has 8 nitrogen and oxygen atoms in total. The van der Waals surface area contributed by atoms with Crippen LogP contribution in [0, 0.1) is 5.92 Å². The molecule has 2 aliphatic rings. The van der Waals surface area contributed by atoms with Crippen molar-refractivity contribution in [3.8, 4) is 0 Å². The Hall–Kier alpha value is -3.89. The number of aliphatic imine (C=N–C) groups is 2. The molecule has 4 atom stereocenters. The number of hydrogen-bond donors (Lipinski definition) is 4. The number of benzene rings is 2. The van der Waals surface area contributed by atoms with Crippen LogP contribution in [0.3, 0.4) is 0 Å². The van der Waals surface area contributed by atoms with E-state index in [9.17, 15) is 9.18 Å². The molecule has 2 aliphatic heterocycles. The number of halogens is 1. The van der Waals surface area contributed by atoms with Crippen LogP contribution in [-0.4, -0.2) is 55.9 Å². The number of likely N-dealkylation sites (N-methyl/N-ethyl adjacent to an activating group) is 1. The fourth-order valence-electron chi connectivity index (χ4n) is 5.35. The Kier molecular flexibility index (Phi) is 13.5. The van der Waals surface area contributed by atoms with Gasteiger partial charge < -0.3 is 20.7 Å². The van der Waals surface area contributed by atoms with Gasteiger partial charge in [-0.05, 0) is 49.6 Å². The fraction of sp³-hybridized carbons (Fsp3) is 0.417. The summed E-state index contributed by atoms with van der Waals surface area (Å²) in [6.07, 6.45) is 7.11. The van der Waals surface area contributed by atoms with Crippen molar-refractivity contribution in [2.45, 2.75) is 70.5 Å². The summed E-state index contributed by atoms with van der Waals surface area (Å²) in [5.41, 5.74) is 4.13. The summed E-state index contributed by atoms with van der Waals surface area (Å²) in [5, 5.41) is 12.6. The van der Waals surface area contributed by atoms with Gasteiger partial charge in [-0.3, -0.25) is 15.1 Å². The van der Waals surface area contributed by atoms with Crippen molar-refractivity contribution in [3.63, 3.8) is 0 Å². The minimum Gasteiger partial charge on any atom is -0.455 e. The molecule has 246 valence electrons. The molecule has 4 rings (SSSR count). The summed E-state index contributed by atoms with van der Waals surface area (Å²) in [6.45, 7) is 10.5. The predicted molar refractivity (Wildman–Crippen MR) is 190 cm³/mol. The van der Waals surface area contributed by atoms with Gasteiger partial charge in [0.05, 0.1) is 12.2 Å². The largest absolute Gasteiger partial charge is 0.455 e. The molecule has 0 bridgehead atoms. The number of amides is 1. The molecule has 10 heteroatoms. The number of thioether (sulfide) groups is 1. The molecule has 46 heavy (non-hydrogen) atoms. The number of carbonyl (C=O) groups is 1. The van der Waals surface area contributed by atoms with Gasteiger partial charge in [0.1, 0.15) is 23.9 Å². The van der Waals surface area contributed by atoms with Crippen LogP contribution in [-0.2, 0) is 9.53 Å². The Morgan fingerprint density at radius 1 is 1.15 bits per heavy atom. The molecule has 1 amide bonds. The van der Waals surface area contributed by atoms with E-state index in [0.29, 0.717) is 31.0 Å². The lowest BCUT2D eigenvalue weighted by atomic mass is 9.98. The highest BCUT2D eigenvalue weighted by Crippen LogP contribution is 2.38. The molecule has 0 saturated carbocycles. The average Bonchev–Trinajstić information content (AvgIpc) is 3.52. The number of para-hydroxylation sites is 1. The fourth-order valence-corrected chi connectivity index (χ4v) is 6.51. The van der Waals surface area contributed by atoms with E-state index >= 15 is 0 Å². The maximum absolute atomic E-state index is 13.9. The summed E-state index contributed by atoms with van der Waals surface area (Å²) in [5.74, 6) is 1.08. The van der Waals surface area contributed by atoms with E-state index < -0.39 is 24.3 Å². The normalized spacial score (nSPS) is 19.2. The number of anilines is 1. The topological polar surface area (TPSA) is 99.1 Å². The van der Waals surface area contributed by atoms with Gasteiger partial charge in [-0.15, -0.1) is 11.8 Å². The van der Waals surface area contributed by atoms with Crippen molar-refractivity contribution in [2.24, 2.45) is 15.9 Å². The summed E-state index contributed by atoms with van der Waals surface area (Å²) in [4.78, 5) is 24.0. The number of alkyl halides is 1. The molecule has 0 fully saturated rings. The number of nitrogens with one attached hydrogen (secondary N) is 4. The van der Waals surface area contributed by atoms with Gasteiger partial charge in [-0.2, -0.15) is 0 Å². The van der Waals surface area contributed by atoms with Crippen molar-refractivity contribution in [2.75, 3.05) is 25.6 Å². The van der Waals surface area contributed by atoms with Gasteiger partial charge >= 0.3 is 0 Å². The van der Waals surface area contributed by atoms with E-state index in [2.05, 4.69) is 44.8 Å². The van der Waals surface area contributed by atoms with Gasteiger partial charge in [0, 0.05) is 34.7 Å². The van der Waals surface area contributed by atoms with E-state index in [0.717, 1.165) is 52.4 Å². The van der Waals surface area contributed by atoms with Crippen molar-refractivity contribution in [3.05, 3.63) is 94.9 Å². The van der Waals surface area contributed by atoms with Gasteiger partial charge in [0.25, 0.3) is 0 Å². The Morgan fingerprint density at radius 3 is 2.57 bits per heavy atom. The Balaban J connectivity index is 1.52. The highest BCUT2D eigenvalue weighted by Gasteiger charge is 2.35. The average molecular weight is 647 g/mol. The number of nitrogens with zero attached hydrogens (tertiary/aromatic N) is 2. The molecular formula is C36H47FN6O2S. The summed E-state index contributed by atoms with van der Waals surface area (Å²) >= 11 is 1.46. The van der Waals surface area contributed by atoms with Crippen LogP contribution in [0.15, 0.2) is 93.7 Å². The van der Waals surface area contributed by atoms with Gasteiger partial charge in [0.2, 0.25) is 5.91 Å². The first-order chi connectivity index (χ1) is 22.4. The quantitative estimate of drug-likeness (QED) is 0.109. The summed E-state index contributed by atoms with van der Waals surface area (Å²) in [6, 6.07) is 17.1. The SMILES string of the molecule is C=C(c1ccccc1)c1ccccc1NC(=O)C(CCC)N/C(=C\CC)OC(NC)C1=C(C2C=NC(CCC)=NC2)SC(CF)N1. The van der Waals surface area contributed by atoms with Crippen LogP contribution >= 0.6 is 11.8 Å². The highest BCUT2D eigenvalue weighted by atomic mass is 32.2. The number of amidine groups is 1. The Bertz CT molecular complexity index is 1460. The standard InChI is InChI=1S/C36H47FN6O2S/c1-6-14-29(35(44)42-28-20-13-12-19-27(28)24(4)25-17-10-9-11-18-25)41-31(16-8-3)45-36(38-5)33-34(46-32(21-37)43-33)26-22-39-30(15-7-2)40-23-26/h9-13,16-20,22,26,29,32,36,38,41,43H,4,6-8,14-15,21,23H2,1-3,5H3,(H,42,44)/b31-16+. The summed E-state index contributed by atoms with van der Waals surface area (Å²) < 4.78 is 20.4. The molecule has 0 aliphatic carbocycles. The van der Waals surface area contributed by atoms with Crippen molar-refractivity contribution < 1.29 is 13.9 Å². The van der Waals surface area contributed by atoms with Crippen LogP contribution in [0.1, 0.15) is 64.0 Å². The van der Waals surface area contributed by atoms with Crippen molar-refractivity contribution >= 4 is 41.0 Å². The van der Waals surface area contributed by atoms with E-state index in [1.165, 1.54) is 11.8 Å². The minimum absolute atomic E-state index is 0.0695. The molecule has 0 saturated heterocycles. The second-order valence-electron chi connectivity index (χ2n) is 11.2. The third-order valence-electron chi connectivity index (χ3n) is 7.68. The number of allylic oxidation sites excluding steroid dienone is 1. The van der Waals surface area contributed by atoms with Crippen molar-refractivity contribution in [1.82, 2.24) is 16.0 Å². The van der Waals surface area contributed by atoms with E-state index in [-0.39, 0.29) is 11.8 Å². The zero-order chi connectivity index (χ0) is 32.9. The lowest BCUT2D eigenvalue weighted by molar-refractivity contribution is -0.118. The zero-order valence-electron chi connectivity index (χ0n) is 27.3. The van der Waals surface area contributed by atoms with Crippen LogP contribution < -0.4 is 21.3 Å². The number of rotatable bonds is 17. The first-order valence-corrected chi connectivity index (χ1v) is 17.1. The van der Waals surface area contributed by atoms with E-state index in [1.807, 2.05) is 80.7 Å². The first-order valence-electron chi connectivity index (χ1n) is 16.2.